The topological polar surface area (TPSA) is 58.9 Å². The maximum atomic E-state index is 11.8. The first kappa shape index (κ1) is 13.6. The highest BCUT2D eigenvalue weighted by Crippen LogP contribution is 2.26. The summed E-state index contributed by atoms with van der Waals surface area (Å²) in [5, 5.41) is 9.85. The van der Waals surface area contributed by atoms with E-state index in [4.69, 9.17) is 4.74 Å². The number of benzene rings is 2. The van der Waals surface area contributed by atoms with Gasteiger partial charge in [0.2, 0.25) is 5.90 Å². The number of phenolic OH excluding ortho intramolecular Hbond substituents is 1. The molecule has 0 fully saturated rings. The molecule has 5 heteroatoms. The van der Waals surface area contributed by atoms with Crippen LogP contribution in [0.1, 0.15) is 11.1 Å². The van der Waals surface area contributed by atoms with Crippen molar-refractivity contribution in [3.8, 4) is 5.75 Å². The molecule has 0 amide bonds. The first-order chi connectivity index (χ1) is 10.1. The summed E-state index contributed by atoms with van der Waals surface area (Å²) in [5.74, 6) is -0.201. The Labute approximate surface area is 129 Å². The number of phenols is 1. The molecule has 2 aromatic carbocycles. The first-order valence-electron chi connectivity index (χ1n) is 6.20. The van der Waals surface area contributed by atoms with E-state index in [9.17, 15) is 9.90 Å². The molecule has 2 aromatic rings. The molecule has 0 aromatic heterocycles. The fourth-order valence-electron chi connectivity index (χ4n) is 1.90. The van der Waals surface area contributed by atoms with Crippen molar-refractivity contribution in [3.05, 3.63) is 69.8 Å². The molecule has 1 aliphatic heterocycles. The van der Waals surface area contributed by atoms with E-state index >= 15 is 0 Å². The van der Waals surface area contributed by atoms with Crippen LogP contribution in [-0.2, 0) is 9.53 Å². The normalized spacial score (nSPS) is 16.0. The zero-order valence-electron chi connectivity index (χ0n) is 10.8. The molecule has 0 saturated carbocycles. The lowest BCUT2D eigenvalue weighted by molar-refractivity contribution is -0.129. The largest absolute Gasteiger partial charge is 0.507 e. The number of nitrogens with zero attached hydrogens (tertiary/aromatic N) is 1. The number of hydrogen-bond acceptors (Lipinski definition) is 4. The fraction of sp³-hybridized carbons (Fsp3) is 0. The second-order valence-corrected chi connectivity index (χ2v) is 5.32. The molecule has 0 bridgehead atoms. The molecule has 0 spiro atoms. The Kier molecular flexibility index (Phi) is 3.58. The molecule has 0 unspecified atom stereocenters. The second kappa shape index (κ2) is 5.54. The predicted molar refractivity (Wildman–Crippen MR) is 82.9 cm³/mol. The minimum atomic E-state index is -0.531. The average Bonchev–Trinajstić information content (AvgIpc) is 2.84. The smallest absolute Gasteiger partial charge is 0.363 e. The van der Waals surface area contributed by atoms with Crippen LogP contribution in [0.15, 0.2) is 63.7 Å². The third kappa shape index (κ3) is 2.87. The van der Waals surface area contributed by atoms with E-state index in [0.717, 1.165) is 10.0 Å². The van der Waals surface area contributed by atoms with Crippen molar-refractivity contribution in [1.29, 1.82) is 0 Å². The van der Waals surface area contributed by atoms with E-state index in [1.165, 1.54) is 6.08 Å². The lowest BCUT2D eigenvalue weighted by atomic mass is 10.1. The summed E-state index contributed by atoms with van der Waals surface area (Å²) in [4.78, 5) is 16.0. The zero-order valence-corrected chi connectivity index (χ0v) is 12.4. The van der Waals surface area contributed by atoms with Crippen LogP contribution in [0.2, 0.25) is 0 Å². The van der Waals surface area contributed by atoms with Crippen LogP contribution in [0.3, 0.4) is 0 Å². The summed E-state index contributed by atoms with van der Waals surface area (Å²) in [6.07, 6.45) is 1.50. The van der Waals surface area contributed by atoms with Gasteiger partial charge in [-0.05, 0) is 30.3 Å². The van der Waals surface area contributed by atoms with Crippen LogP contribution in [0, 0.1) is 0 Å². The predicted octanol–water partition coefficient (Wildman–Crippen LogP) is 3.50. The van der Waals surface area contributed by atoms with Crippen LogP contribution in [0.4, 0.5) is 0 Å². The van der Waals surface area contributed by atoms with Crippen LogP contribution in [0.25, 0.3) is 6.08 Å². The minimum absolute atomic E-state index is 0.0630. The van der Waals surface area contributed by atoms with Crippen molar-refractivity contribution in [1.82, 2.24) is 0 Å². The minimum Gasteiger partial charge on any atom is -0.507 e. The molecular formula is C16H10BrNO3. The quantitative estimate of drug-likeness (QED) is 0.670. The monoisotopic (exact) mass is 343 g/mol. The number of aliphatic imine (C=N–C) groups is 1. The van der Waals surface area contributed by atoms with E-state index in [1.807, 2.05) is 30.3 Å². The van der Waals surface area contributed by atoms with Gasteiger partial charge in [-0.2, -0.15) is 0 Å². The summed E-state index contributed by atoms with van der Waals surface area (Å²) < 4.78 is 5.90. The van der Waals surface area contributed by atoms with E-state index in [2.05, 4.69) is 20.9 Å². The first-order valence-corrected chi connectivity index (χ1v) is 6.99. The Morgan fingerprint density at radius 3 is 2.62 bits per heavy atom. The summed E-state index contributed by atoms with van der Waals surface area (Å²) in [5.41, 5.74) is 1.39. The van der Waals surface area contributed by atoms with Crippen molar-refractivity contribution in [2.24, 2.45) is 4.99 Å². The summed E-state index contributed by atoms with van der Waals surface area (Å²) in [7, 11) is 0. The number of aromatic hydroxyl groups is 1. The summed E-state index contributed by atoms with van der Waals surface area (Å²) in [6, 6.07) is 14.2. The molecule has 0 radical (unpaired) electrons. The van der Waals surface area contributed by atoms with Crippen LogP contribution >= 0.6 is 15.9 Å². The summed E-state index contributed by atoms with van der Waals surface area (Å²) in [6.45, 7) is 0. The van der Waals surface area contributed by atoms with Crippen molar-refractivity contribution >= 4 is 33.9 Å². The van der Waals surface area contributed by atoms with Crippen molar-refractivity contribution in [2.75, 3.05) is 0 Å². The Balaban J connectivity index is 1.97. The highest BCUT2D eigenvalue weighted by Gasteiger charge is 2.24. The molecule has 1 aliphatic rings. The maximum Gasteiger partial charge on any atom is 0.363 e. The Morgan fingerprint density at radius 2 is 1.90 bits per heavy atom. The van der Waals surface area contributed by atoms with Crippen molar-refractivity contribution in [2.45, 2.75) is 0 Å². The lowest BCUT2D eigenvalue weighted by Gasteiger charge is -1.99. The molecule has 1 heterocycles. The number of esters is 1. The number of cyclic esters (lactones) is 1. The number of ether oxygens (including phenoxy) is 1. The van der Waals surface area contributed by atoms with Gasteiger partial charge in [0.15, 0.2) is 5.70 Å². The van der Waals surface area contributed by atoms with Crippen molar-refractivity contribution in [3.63, 3.8) is 0 Å². The zero-order chi connectivity index (χ0) is 14.8. The Morgan fingerprint density at radius 1 is 1.14 bits per heavy atom. The Bertz CT molecular complexity index is 766. The van der Waals surface area contributed by atoms with Gasteiger partial charge in [-0.3, -0.25) is 0 Å². The highest BCUT2D eigenvalue weighted by atomic mass is 79.9. The van der Waals surface area contributed by atoms with Gasteiger partial charge < -0.3 is 9.84 Å². The van der Waals surface area contributed by atoms with E-state index < -0.39 is 5.97 Å². The van der Waals surface area contributed by atoms with Crippen LogP contribution < -0.4 is 0 Å². The number of hydrogen-bond donors (Lipinski definition) is 1. The van der Waals surface area contributed by atoms with Gasteiger partial charge >= 0.3 is 5.97 Å². The molecule has 4 nitrogen and oxygen atoms in total. The average molecular weight is 344 g/mol. The highest BCUT2D eigenvalue weighted by molar-refractivity contribution is 9.10. The van der Waals surface area contributed by atoms with Crippen LogP contribution in [-0.4, -0.2) is 17.0 Å². The molecule has 3 rings (SSSR count). The molecule has 1 N–H and O–H groups in total. The SMILES string of the molecule is O=C1OC(c2ccccc2)=NC1=Cc1ccc(Br)cc1O. The van der Waals surface area contributed by atoms with Gasteiger partial charge in [-0.15, -0.1) is 0 Å². The fourth-order valence-corrected chi connectivity index (χ4v) is 2.25. The summed E-state index contributed by atoms with van der Waals surface area (Å²) >= 11 is 3.26. The Hall–Kier alpha value is -2.40. The third-order valence-electron chi connectivity index (χ3n) is 2.93. The van der Waals surface area contributed by atoms with Gasteiger partial charge in [0.25, 0.3) is 0 Å². The van der Waals surface area contributed by atoms with E-state index in [1.54, 1.807) is 18.2 Å². The molecule has 0 aliphatic carbocycles. The third-order valence-corrected chi connectivity index (χ3v) is 3.42. The molecule has 0 saturated heterocycles. The van der Waals surface area contributed by atoms with Gasteiger partial charge in [0.1, 0.15) is 5.75 Å². The van der Waals surface area contributed by atoms with Gasteiger partial charge in [0, 0.05) is 15.6 Å². The maximum absolute atomic E-state index is 11.8. The van der Waals surface area contributed by atoms with Crippen LogP contribution in [0.5, 0.6) is 5.75 Å². The molecular weight excluding hydrogens is 334 g/mol. The van der Waals surface area contributed by atoms with Gasteiger partial charge in [-0.1, -0.05) is 40.2 Å². The van der Waals surface area contributed by atoms with Crippen molar-refractivity contribution < 1.29 is 14.6 Å². The number of rotatable bonds is 2. The molecule has 0 atom stereocenters. The molecule has 104 valence electrons. The number of carbonyl (C=O) groups excluding carboxylic acids is 1. The molecule has 21 heavy (non-hydrogen) atoms. The van der Waals surface area contributed by atoms with E-state index in [0.29, 0.717) is 5.56 Å². The van der Waals surface area contributed by atoms with E-state index in [-0.39, 0.29) is 17.3 Å². The number of halogens is 1. The lowest BCUT2D eigenvalue weighted by Crippen LogP contribution is -2.04. The van der Waals surface area contributed by atoms with Gasteiger partial charge in [-0.25, -0.2) is 9.79 Å². The second-order valence-electron chi connectivity index (χ2n) is 4.41. The standard InChI is InChI=1S/C16H10BrNO3/c17-12-7-6-11(14(19)9-12)8-13-16(20)21-15(18-13)10-4-2-1-3-5-10/h1-9,19H. The number of carbonyl (C=O) groups is 1. The van der Waals surface area contributed by atoms with Gasteiger partial charge in [0.05, 0.1) is 0 Å².